The van der Waals surface area contributed by atoms with E-state index in [4.69, 9.17) is 0 Å². The van der Waals surface area contributed by atoms with Crippen LogP contribution in [-0.4, -0.2) is 53.6 Å². The van der Waals surface area contributed by atoms with E-state index in [1.807, 2.05) is 23.7 Å². The van der Waals surface area contributed by atoms with Crippen LogP contribution in [0.1, 0.15) is 43.5 Å². The maximum absolute atomic E-state index is 13.0. The van der Waals surface area contributed by atoms with Gasteiger partial charge in [-0.3, -0.25) is 9.58 Å². The molecule has 1 saturated heterocycles. The number of benzene rings is 1. The molecule has 0 spiro atoms. The van der Waals surface area contributed by atoms with Gasteiger partial charge in [-0.25, -0.2) is 8.42 Å². The summed E-state index contributed by atoms with van der Waals surface area (Å²) in [6, 6.07) is 7.42. The Balaban J connectivity index is 1.59. The van der Waals surface area contributed by atoms with Gasteiger partial charge in [0, 0.05) is 51.0 Å². The van der Waals surface area contributed by atoms with Gasteiger partial charge in [-0.1, -0.05) is 25.5 Å². The highest BCUT2D eigenvalue weighted by molar-refractivity contribution is 7.89. The van der Waals surface area contributed by atoms with Gasteiger partial charge in [-0.15, -0.1) is 0 Å². The van der Waals surface area contributed by atoms with Gasteiger partial charge in [0.05, 0.1) is 10.6 Å². The maximum Gasteiger partial charge on any atom is 0.243 e. The third-order valence-corrected chi connectivity index (χ3v) is 7.39. The zero-order valence-corrected chi connectivity index (χ0v) is 18.1. The molecular weight excluding hydrogens is 372 g/mol. The van der Waals surface area contributed by atoms with Crippen molar-refractivity contribution in [3.05, 3.63) is 47.3 Å². The van der Waals surface area contributed by atoms with Crippen molar-refractivity contribution in [3.8, 4) is 0 Å². The summed E-state index contributed by atoms with van der Waals surface area (Å²) in [7, 11) is -3.41. The second-order valence-corrected chi connectivity index (χ2v) is 9.46. The van der Waals surface area contributed by atoms with Crippen LogP contribution in [0.5, 0.6) is 0 Å². The molecule has 0 bridgehead atoms. The molecule has 2 aromatic rings. The molecule has 154 valence electrons. The molecule has 1 aromatic carbocycles. The van der Waals surface area contributed by atoms with E-state index in [1.54, 1.807) is 16.4 Å². The summed E-state index contributed by atoms with van der Waals surface area (Å²) >= 11 is 0. The molecule has 1 fully saturated rings. The van der Waals surface area contributed by atoms with E-state index in [1.165, 1.54) is 11.1 Å². The predicted octanol–water partition coefficient (Wildman–Crippen LogP) is 3.06. The Bertz CT molecular complexity index is 866. The molecule has 0 N–H and O–H groups in total. The van der Waals surface area contributed by atoms with Crippen molar-refractivity contribution in [1.82, 2.24) is 19.0 Å². The van der Waals surface area contributed by atoms with Gasteiger partial charge < -0.3 is 0 Å². The number of unbranched alkanes of at least 4 members (excludes halogenated alkanes) is 1. The fraction of sp³-hybridized carbons (Fsp3) is 0.571. The fourth-order valence-corrected chi connectivity index (χ4v) is 5.03. The average Bonchev–Trinajstić information content (AvgIpc) is 3.06. The number of aromatic nitrogens is 2. The molecule has 0 saturated carbocycles. The molecule has 3 rings (SSSR count). The van der Waals surface area contributed by atoms with Gasteiger partial charge in [0.15, 0.2) is 0 Å². The first-order valence-corrected chi connectivity index (χ1v) is 11.7. The van der Waals surface area contributed by atoms with Crippen molar-refractivity contribution >= 4 is 10.0 Å². The lowest BCUT2D eigenvalue weighted by Gasteiger charge is -2.33. The van der Waals surface area contributed by atoms with Crippen LogP contribution in [0.2, 0.25) is 0 Å². The highest BCUT2D eigenvalue weighted by atomic mass is 32.2. The number of piperazine rings is 1. The number of nitrogens with zero attached hydrogens (tertiary/aromatic N) is 4. The van der Waals surface area contributed by atoms with Crippen LogP contribution in [-0.2, 0) is 29.5 Å². The third kappa shape index (κ3) is 4.82. The summed E-state index contributed by atoms with van der Waals surface area (Å²) in [5.41, 5.74) is 3.48. The lowest BCUT2D eigenvalue weighted by atomic mass is 10.1. The smallest absolute Gasteiger partial charge is 0.243 e. The molecule has 0 atom stereocenters. The minimum Gasteiger partial charge on any atom is -0.296 e. The Labute approximate surface area is 169 Å². The number of hydrogen-bond acceptors (Lipinski definition) is 4. The molecule has 1 aliphatic rings. The molecule has 1 aromatic heterocycles. The zero-order valence-electron chi connectivity index (χ0n) is 17.3. The Hall–Kier alpha value is -1.70. The molecule has 6 nitrogen and oxygen atoms in total. The highest BCUT2D eigenvalue weighted by Crippen LogP contribution is 2.20. The van der Waals surface area contributed by atoms with Crippen LogP contribution in [0, 0.1) is 6.92 Å². The average molecular weight is 405 g/mol. The molecule has 1 aliphatic heterocycles. The topological polar surface area (TPSA) is 58.4 Å². The van der Waals surface area contributed by atoms with Crippen molar-refractivity contribution in [1.29, 1.82) is 0 Å². The number of hydrogen-bond donors (Lipinski definition) is 0. The SMILES string of the molecule is CCCCc1ccc(S(=O)(=O)N2CCN(Cc3cn(CC)nc3C)CC2)cc1. The largest absolute Gasteiger partial charge is 0.296 e. The van der Waals surface area contributed by atoms with Crippen LogP contribution >= 0.6 is 0 Å². The highest BCUT2D eigenvalue weighted by Gasteiger charge is 2.28. The van der Waals surface area contributed by atoms with Crippen LogP contribution in [0.3, 0.4) is 0 Å². The summed E-state index contributed by atoms with van der Waals surface area (Å²) < 4.78 is 29.5. The quantitative estimate of drug-likeness (QED) is 0.678. The van der Waals surface area contributed by atoms with Crippen LogP contribution in [0.15, 0.2) is 35.4 Å². The molecule has 0 aliphatic carbocycles. The second kappa shape index (κ2) is 9.20. The summed E-state index contributed by atoms with van der Waals surface area (Å²) in [6.07, 6.45) is 5.37. The molecular formula is C21H32N4O2S. The first kappa shape index (κ1) is 21.0. The molecule has 28 heavy (non-hydrogen) atoms. The van der Waals surface area contributed by atoms with Crippen molar-refractivity contribution in [2.24, 2.45) is 0 Å². The number of aryl methyl sites for hydroxylation is 3. The van der Waals surface area contributed by atoms with E-state index < -0.39 is 10.0 Å². The minimum absolute atomic E-state index is 0.404. The van der Waals surface area contributed by atoms with E-state index in [0.717, 1.165) is 51.1 Å². The molecule has 2 heterocycles. The normalized spacial score (nSPS) is 16.5. The molecule has 0 radical (unpaired) electrons. The minimum atomic E-state index is -3.41. The predicted molar refractivity (Wildman–Crippen MR) is 112 cm³/mol. The number of sulfonamides is 1. The number of rotatable bonds is 8. The van der Waals surface area contributed by atoms with Gasteiger partial charge >= 0.3 is 0 Å². The molecule has 7 heteroatoms. The van der Waals surface area contributed by atoms with Crippen LogP contribution < -0.4 is 0 Å². The third-order valence-electron chi connectivity index (χ3n) is 5.48. The van der Waals surface area contributed by atoms with E-state index in [0.29, 0.717) is 18.0 Å². The second-order valence-electron chi connectivity index (χ2n) is 7.52. The van der Waals surface area contributed by atoms with Gasteiger partial charge in [0.25, 0.3) is 0 Å². The lowest BCUT2D eigenvalue weighted by Crippen LogP contribution is -2.48. The van der Waals surface area contributed by atoms with Crippen molar-refractivity contribution in [2.75, 3.05) is 26.2 Å². The molecule has 0 unspecified atom stereocenters. The summed E-state index contributed by atoms with van der Waals surface area (Å²) in [6.45, 7) is 10.5. The van der Waals surface area contributed by atoms with Crippen LogP contribution in [0.4, 0.5) is 0 Å². The van der Waals surface area contributed by atoms with E-state index in [2.05, 4.69) is 30.0 Å². The monoisotopic (exact) mass is 404 g/mol. The van der Waals surface area contributed by atoms with Gasteiger partial charge in [-0.05, 0) is 44.4 Å². The lowest BCUT2D eigenvalue weighted by molar-refractivity contribution is 0.181. The Morgan fingerprint density at radius 2 is 1.71 bits per heavy atom. The Kier molecular flexibility index (Phi) is 6.91. The van der Waals surface area contributed by atoms with Crippen LogP contribution in [0.25, 0.3) is 0 Å². The maximum atomic E-state index is 13.0. The summed E-state index contributed by atoms with van der Waals surface area (Å²) in [4.78, 5) is 2.71. The Morgan fingerprint density at radius 1 is 1.04 bits per heavy atom. The van der Waals surface area contributed by atoms with Gasteiger partial charge in [-0.2, -0.15) is 9.40 Å². The van der Waals surface area contributed by atoms with Crippen molar-refractivity contribution in [3.63, 3.8) is 0 Å². The van der Waals surface area contributed by atoms with Crippen molar-refractivity contribution in [2.45, 2.75) is 58.0 Å². The molecule has 0 amide bonds. The summed E-state index contributed by atoms with van der Waals surface area (Å²) in [5.74, 6) is 0. The van der Waals surface area contributed by atoms with E-state index in [9.17, 15) is 8.42 Å². The standard InChI is InChI=1S/C21H32N4O2S/c1-4-6-7-19-8-10-21(11-9-19)28(26,27)25-14-12-23(13-15-25)16-20-17-24(5-2)22-18(20)3/h8-11,17H,4-7,12-16H2,1-3H3. The van der Waals surface area contributed by atoms with Gasteiger partial charge in [0.1, 0.15) is 0 Å². The fourth-order valence-electron chi connectivity index (χ4n) is 3.60. The first-order chi connectivity index (χ1) is 13.4. The van der Waals surface area contributed by atoms with E-state index in [-0.39, 0.29) is 0 Å². The van der Waals surface area contributed by atoms with E-state index >= 15 is 0 Å². The van der Waals surface area contributed by atoms with Crippen molar-refractivity contribution < 1.29 is 8.42 Å². The Morgan fingerprint density at radius 3 is 2.29 bits per heavy atom. The van der Waals surface area contributed by atoms with Gasteiger partial charge in [0.2, 0.25) is 10.0 Å². The zero-order chi connectivity index (χ0) is 20.1. The first-order valence-electron chi connectivity index (χ1n) is 10.3. The summed E-state index contributed by atoms with van der Waals surface area (Å²) in [5, 5.41) is 4.50.